The van der Waals surface area contributed by atoms with Gasteiger partial charge in [0.15, 0.2) is 0 Å². The summed E-state index contributed by atoms with van der Waals surface area (Å²) in [5.41, 5.74) is 1.05. The molecule has 0 atom stereocenters. The summed E-state index contributed by atoms with van der Waals surface area (Å²) in [5.74, 6) is -1.06. The highest BCUT2D eigenvalue weighted by Gasteiger charge is 2.17. The Hall–Kier alpha value is -5.51. The first-order valence-corrected chi connectivity index (χ1v) is 12.6. The second kappa shape index (κ2) is 14.0. The van der Waals surface area contributed by atoms with E-state index < -0.39 is 23.6 Å². The number of esters is 2. The van der Waals surface area contributed by atoms with Gasteiger partial charge < -0.3 is 14.2 Å². The number of carbonyl (C=O) groups is 3. The number of hydrogen-bond donors (Lipinski definition) is 1. The minimum atomic E-state index is -0.828. The van der Waals surface area contributed by atoms with Crippen LogP contribution in [0.4, 0.5) is 10.5 Å². The fourth-order valence-electron chi connectivity index (χ4n) is 3.77. The number of hydrogen-bond acceptors (Lipinski definition) is 8. The van der Waals surface area contributed by atoms with E-state index in [9.17, 15) is 19.2 Å². The van der Waals surface area contributed by atoms with Crippen LogP contribution in [0, 0.1) is 0 Å². The van der Waals surface area contributed by atoms with Crippen molar-refractivity contribution in [2.75, 3.05) is 19.0 Å². The maximum Gasteiger partial charge on any atom is 0.412 e. The number of carbonyl (C=O) groups excluding carboxylic acids is 3. The standard InChI is InChI=1S/C31H27N3O7/c1-39-29(36)25(21-40-30(37)24-15-9-4-10-16-24)17-18-34-27(23-13-7-3-8-14-23)32-19-26(28(34)35)33-31(38)41-20-22-11-5-2-6-12-22/h2-17,19H,18,20-21H2,1H3,(H,33,38)/b25-17+. The van der Waals surface area contributed by atoms with Crippen LogP contribution in [-0.2, 0) is 32.2 Å². The summed E-state index contributed by atoms with van der Waals surface area (Å²) >= 11 is 0. The maximum atomic E-state index is 13.5. The third-order valence-electron chi connectivity index (χ3n) is 5.86. The Bertz CT molecular complexity index is 1580. The number of allylic oxidation sites excluding steroid dienone is 1. The van der Waals surface area contributed by atoms with E-state index in [0.717, 1.165) is 5.56 Å². The molecule has 4 rings (SSSR count). The summed E-state index contributed by atoms with van der Waals surface area (Å²) in [6.45, 7) is -0.506. The predicted octanol–water partition coefficient (Wildman–Crippen LogP) is 4.62. The lowest BCUT2D eigenvalue weighted by atomic mass is 10.2. The number of rotatable bonds is 10. The minimum absolute atomic E-state index is 0.0170. The van der Waals surface area contributed by atoms with Crippen LogP contribution in [-0.4, -0.2) is 41.3 Å². The van der Waals surface area contributed by atoms with Gasteiger partial charge in [0.2, 0.25) is 0 Å². The molecule has 4 aromatic rings. The average molecular weight is 554 g/mol. The lowest BCUT2D eigenvalue weighted by molar-refractivity contribution is -0.136. The lowest BCUT2D eigenvalue weighted by Crippen LogP contribution is -2.28. The van der Waals surface area contributed by atoms with Gasteiger partial charge in [-0.2, -0.15) is 0 Å². The van der Waals surface area contributed by atoms with Crippen LogP contribution in [0.25, 0.3) is 11.4 Å². The first kappa shape index (κ1) is 28.5. The molecular weight excluding hydrogens is 526 g/mol. The highest BCUT2D eigenvalue weighted by atomic mass is 16.6. The second-order valence-electron chi connectivity index (χ2n) is 8.63. The van der Waals surface area contributed by atoms with Crippen LogP contribution in [0.1, 0.15) is 15.9 Å². The molecule has 0 unspecified atom stereocenters. The van der Waals surface area contributed by atoms with Gasteiger partial charge in [0, 0.05) is 12.1 Å². The van der Waals surface area contributed by atoms with Crippen molar-refractivity contribution in [3.63, 3.8) is 0 Å². The Morgan fingerprint density at radius 3 is 2.17 bits per heavy atom. The fraction of sp³-hybridized carbons (Fsp3) is 0.129. The number of anilines is 1. The SMILES string of the molecule is COC(=O)/C(=C/Cn1c(-c2ccccc2)ncc(NC(=O)OCc2ccccc2)c1=O)COC(=O)c1ccccc1. The van der Waals surface area contributed by atoms with Crippen LogP contribution in [0.15, 0.2) is 114 Å². The highest BCUT2D eigenvalue weighted by molar-refractivity contribution is 5.92. The lowest BCUT2D eigenvalue weighted by Gasteiger charge is -2.14. The van der Waals surface area contributed by atoms with Gasteiger partial charge in [-0.25, -0.2) is 19.4 Å². The van der Waals surface area contributed by atoms with Gasteiger partial charge in [0.1, 0.15) is 24.7 Å². The largest absolute Gasteiger partial charge is 0.466 e. The molecule has 0 bridgehead atoms. The molecule has 3 aromatic carbocycles. The third-order valence-corrected chi connectivity index (χ3v) is 5.86. The molecule has 0 fully saturated rings. The maximum absolute atomic E-state index is 13.5. The second-order valence-corrected chi connectivity index (χ2v) is 8.63. The topological polar surface area (TPSA) is 126 Å². The first-order chi connectivity index (χ1) is 20.0. The Labute approximate surface area is 235 Å². The van der Waals surface area contributed by atoms with Gasteiger partial charge in [-0.15, -0.1) is 0 Å². The zero-order chi connectivity index (χ0) is 29.0. The average Bonchev–Trinajstić information content (AvgIpc) is 3.02. The number of ether oxygens (including phenoxy) is 3. The molecule has 0 saturated heterocycles. The summed E-state index contributed by atoms with van der Waals surface area (Å²) in [7, 11) is 1.20. The molecule has 41 heavy (non-hydrogen) atoms. The fourth-order valence-corrected chi connectivity index (χ4v) is 3.77. The van der Waals surface area contributed by atoms with Gasteiger partial charge >= 0.3 is 18.0 Å². The van der Waals surface area contributed by atoms with E-state index in [0.29, 0.717) is 17.0 Å². The quantitative estimate of drug-likeness (QED) is 0.171. The first-order valence-electron chi connectivity index (χ1n) is 12.6. The van der Waals surface area contributed by atoms with Crippen LogP contribution >= 0.6 is 0 Å². The minimum Gasteiger partial charge on any atom is -0.466 e. The molecule has 0 aliphatic carbocycles. The van der Waals surface area contributed by atoms with Crippen LogP contribution in [0.5, 0.6) is 0 Å². The molecule has 1 heterocycles. The monoisotopic (exact) mass is 553 g/mol. The Kier molecular flexibility index (Phi) is 9.76. The molecule has 0 radical (unpaired) electrons. The van der Waals surface area contributed by atoms with Crippen molar-refractivity contribution in [2.24, 2.45) is 0 Å². The summed E-state index contributed by atoms with van der Waals surface area (Å²) in [6, 6.07) is 26.4. The molecular formula is C31H27N3O7. The summed E-state index contributed by atoms with van der Waals surface area (Å²) < 4.78 is 16.7. The van der Waals surface area contributed by atoms with Gasteiger partial charge in [0.25, 0.3) is 5.56 Å². The highest BCUT2D eigenvalue weighted by Crippen LogP contribution is 2.17. The summed E-state index contributed by atoms with van der Waals surface area (Å²) in [5, 5.41) is 2.44. The third kappa shape index (κ3) is 7.76. The molecule has 1 amide bonds. The van der Waals surface area contributed by atoms with Crippen molar-refractivity contribution in [2.45, 2.75) is 13.2 Å². The van der Waals surface area contributed by atoms with E-state index in [4.69, 9.17) is 14.2 Å². The molecule has 0 spiro atoms. The zero-order valence-corrected chi connectivity index (χ0v) is 22.2. The normalized spacial score (nSPS) is 10.9. The molecule has 0 aliphatic heterocycles. The van der Waals surface area contributed by atoms with Crippen LogP contribution in [0.3, 0.4) is 0 Å². The van der Waals surface area contributed by atoms with Crippen molar-refractivity contribution in [3.8, 4) is 11.4 Å². The number of amides is 1. The number of aromatic nitrogens is 2. The predicted molar refractivity (Wildman–Crippen MR) is 151 cm³/mol. The summed E-state index contributed by atoms with van der Waals surface area (Å²) in [4.78, 5) is 55.2. The van der Waals surface area contributed by atoms with E-state index in [1.807, 2.05) is 24.3 Å². The zero-order valence-electron chi connectivity index (χ0n) is 22.2. The Balaban J connectivity index is 1.58. The Morgan fingerprint density at radius 2 is 1.51 bits per heavy atom. The molecule has 0 saturated carbocycles. The van der Waals surface area contributed by atoms with Gasteiger partial charge in [-0.3, -0.25) is 14.7 Å². The number of nitrogens with one attached hydrogen (secondary N) is 1. The van der Waals surface area contributed by atoms with Gasteiger partial charge in [-0.05, 0) is 17.7 Å². The van der Waals surface area contributed by atoms with E-state index in [-0.39, 0.29) is 31.0 Å². The van der Waals surface area contributed by atoms with Crippen molar-refractivity contribution in [3.05, 3.63) is 130 Å². The molecule has 208 valence electrons. The van der Waals surface area contributed by atoms with Crippen molar-refractivity contribution < 1.29 is 28.6 Å². The van der Waals surface area contributed by atoms with Gasteiger partial charge in [-0.1, -0.05) is 84.9 Å². The van der Waals surface area contributed by atoms with Crippen LogP contribution in [0.2, 0.25) is 0 Å². The summed E-state index contributed by atoms with van der Waals surface area (Å²) in [6.07, 6.45) is 1.83. The number of benzene rings is 3. The Morgan fingerprint density at radius 1 is 0.878 bits per heavy atom. The molecule has 10 heteroatoms. The van der Waals surface area contributed by atoms with Crippen molar-refractivity contribution >= 4 is 23.7 Å². The van der Waals surface area contributed by atoms with E-state index in [1.165, 1.54) is 23.9 Å². The van der Waals surface area contributed by atoms with E-state index >= 15 is 0 Å². The van der Waals surface area contributed by atoms with Gasteiger partial charge in [0.05, 0.1) is 24.4 Å². The number of nitrogens with zero attached hydrogens (tertiary/aromatic N) is 2. The van der Waals surface area contributed by atoms with Crippen molar-refractivity contribution in [1.82, 2.24) is 9.55 Å². The van der Waals surface area contributed by atoms with E-state index in [1.54, 1.807) is 66.7 Å². The number of methoxy groups -OCH3 is 1. The van der Waals surface area contributed by atoms with Crippen molar-refractivity contribution in [1.29, 1.82) is 0 Å². The smallest absolute Gasteiger partial charge is 0.412 e. The molecule has 0 aliphatic rings. The van der Waals surface area contributed by atoms with Crippen LogP contribution < -0.4 is 10.9 Å². The molecule has 1 aromatic heterocycles. The molecule has 1 N–H and O–H groups in total. The van der Waals surface area contributed by atoms with E-state index in [2.05, 4.69) is 10.3 Å². The molecule has 10 nitrogen and oxygen atoms in total.